The molecule has 1 aliphatic rings. The number of halogens is 1. The molecule has 0 saturated heterocycles. The third-order valence-corrected chi connectivity index (χ3v) is 8.75. The Morgan fingerprint density at radius 3 is 1.93 bits per heavy atom. The van der Waals surface area contributed by atoms with Gasteiger partial charge in [0.25, 0.3) is 0 Å². The molecular formula is C36H55FN2O2. The lowest BCUT2D eigenvalue weighted by Gasteiger charge is -2.28. The summed E-state index contributed by atoms with van der Waals surface area (Å²) < 4.78 is 20.7. The molecule has 41 heavy (non-hydrogen) atoms. The van der Waals surface area contributed by atoms with E-state index in [2.05, 4.69) is 23.8 Å². The molecule has 1 aromatic heterocycles. The quantitative estimate of drug-likeness (QED) is 0.118. The monoisotopic (exact) mass is 566 g/mol. The van der Waals surface area contributed by atoms with E-state index in [1.54, 1.807) is 6.07 Å². The van der Waals surface area contributed by atoms with Crippen LogP contribution in [0.2, 0.25) is 0 Å². The number of rotatable bonds is 20. The highest BCUT2D eigenvalue weighted by Crippen LogP contribution is 2.31. The van der Waals surface area contributed by atoms with Gasteiger partial charge < -0.3 is 4.74 Å². The number of aryl methyl sites for hydroxylation is 1. The van der Waals surface area contributed by atoms with E-state index in [9.17, 15) is 9.18 Å². The van der Waals surface area contributed by atoms with Gasteiger partial charge in [-0.1, -0.05) is 116 Å². The molecule has 0 amide bonds. The van der Waals surface area contributed by atoms with Gasteiger partial charge in [0.2, 0.25) is 0 Å². The van der Waals surface area contributed by atoms with Crippen molar-refractivity contribution in [2.24, 2.45) is 5.92 Å². The van der Waals surface area contributed by atoms with E-state index in [4.69, 9.17) is 4.74 Å². The molecule has 1 saturated carbocycles. The predicted octanol–water partition coefficient (Wildman–Crippen LogP) is 10.8. The molecule has 0 aliphatic heterocycles. The number of hydrogen-bond acceptors (Lipinski definition) is 4. The van der Waals surface area contributed by atoms with Crippen LogP contribution in [0, 0.1) is 11.7 Å². The summed E-state index contributed by atoms with van der Waals surface area (Å²) in [6.07, 6.45) is 29.5. The summed E-state index contributed by atoms with van der Waals surface area (Å²) in [7, 11) is 0. The maximum Gasteiger partial charge on any atom is 0.341 e. The second-order valence-electron chi connectivity index (χ2n) is 12.3. The minimum absolute atomic E-state index is 0.00892. The van der Waals surface area contributed by atoms with Gasteiger partial charge in [-0.05, 0) is 62.1 Å². The molecule has 1 heterocycles. The lowest BCUT2D eigenvalue weighted by atomic mass is 9.84. The van der Waals surface area contributed by atoms with Crippen LogP contribution in [0.5, 0.6) is 0 Å². The highest BCUT2D eigenvalue weighted by Gasteiger charge is 2.25. The molecule has 0 bridgehead atoms. The van der Waals surface area contributed by atoms with E-state index in [1.165, 1.54) is 108 Å². The molecule has 0 atom stereocenters. The third kappa shape index (κ3) is 12.6. The molecule has 1 aliphatic carbocycles. The van der Waals surface area contributed by atoms with Gasteiger partial charge in [0, 0.05) is 18.0 Å². The number of carbonyl (C=O) groups excluding carboxylic acids is 1. The number of carbonyl (C=O) groups is 1. The second-order valence-corrected chi connectivity index (χ2v) is 12.3. The SMILES string of the molecule is CCCCCCCCCCC1CCC(OC(=O)c2ccc(-c3ncc(CCCCCCCCC)cn3)cc2F)CC1. The Bertz CT molecular complexity index is 986. The van der Waals surface area contributed by atoms with E-state index < -0.39 is 11.8 Å². The largest absolute Gasteiger partial charge is 0.459 e. The Kier molecular flexibility index (Phi) is 16.0. The second kappa shape index (κ2) is 19.8. The van der Waals surface area contributed by atoms with Crippen molar-refractivity contribution >= 4 is 5.97 Å². The van der Waals surface area contributed by atoms with Crippen LogP contribution < -0.4 is 0 Å². The molecule has 2 aromatic rings. The van der Waals surface area contributed by atoms with Crippen LogP contribution in [-0.4, -0.2) is 22.0 Å². The smallest absolute Gasteiger partial charge is 0.341 e. The summed E-state index contributed by atoms with van der Waals surface area (Å²) in [6.45, 7) is 4.50. The first-order chi connectivity index (χ1) is 20.1. The molecule has 1 aromatic carbocycles. The van der Waals surface area contributed by atoms with Gasteiger partial charge in [-0.25, -0.2) is 19.2 Å². The molecule has 4 nitrogen and oxygen atoms in total. The maximum absolute atomic E-state index is 14.9. The van der Waals surface area contributed by atoms with Crippen molar-refractivity contribution in [3.8, 4) is 11.4 Å². The summed E-state index contributed by atoms with van der Waals surface area (Å²) in [5.41, 5.74) is 1.67. The fourth-order valence-corrected chi connectivity index (χ4v) is 6.06. The van der Waals surface area contributed by atoms with E-state index >= 15 is 0 Å². The molecular weight excluding hydrogens is 511 g/mol. The first kappa shape index (κ1) is 33.2. The van der Waals surface area contributed by atoms with Gasteiger partial charge >= 0.3 is 5.97 Å². The lowest BCUT2D eigenvalue weighted by Crippen LogP contribution is -2.25. The summed E-state index contributed by atoms with van der Waals surface area (Å²) in [4.78, 5) is 21.7. The van der Waals surface area contributed by atoms with E-state index in [0.717, 1.165) is 50.0 Å². The Hall–Kier alpha value is -2.30. The third-order valence-electron chi connectivity index (χ3n) is 8.75. The molecule has 5 heteroatoms. The molecule has 228 valence electrons. The van der Waals surface area contributed by atoms with Gasteiger partial charge in [0.1, 0.15) is 11.9 Å². The van der Waals surface area contributed by atoms with Crippen LogP contribution in [0.25, 0.3) is 11.4 Å². The Morgan fingerprint density at radius 2 is 1.34 bits per heavy atom. The van der Waals surface area contributed by atoms with Crippen molar-refractivity contribution in [3.05, 3.63) is 47.5 Å². The summed E-state index contributed by atoms with van der Waals surface area (Å²) >= 11 is 0. The first-order valence-corrected chi connectivity index (χ1v) is 16.9. The number of unbranched alkanes of at least 4 members (excludes halogenated alkanes) is 13. The number of esters is 1. The average Bonchev–Trinajstić information content (AvgIpc) is 2.99. The van der Waals surface area contributed by atoms with Gasteiger partial charge in [-0.3, -0.25) is 0 Å². The molecule has 1 fully saturated rings. The van der Waals surface area contributed by atoms with Crippen LogP contribution in [0.4, 0.5) is 4.39 Å². The Morgan fingerprint density at radius 1 is 0.780 bits per heavy atom. The number of nitrogens with zero attached hydrogens (tertiary/aromatic N) is 2. The number of hydrogen-bond donors (Lipinski definition) is 0. The number of aromatic nitrogens is 2. The van der Waals surface area contributed by atoms with Crippen LogP contribution in [0.15, 0.2) is 30.6 Å². The van der Waals surface area contributed by atoms with Crippen LogP contribution in [0.1, 0.15) is 158 Å². The summed E-state index contributed by atoms with van der Waals surface area (Å²) in [5, 5.41) is 0. The van der Waals surface area contributed by atoms with Crippen molar-refractivity contribution in [1.82, 2.24) is 9.97 Å². The Balaban J connectivity index is 1.35. The van der Waals surface area contributed by atoms with Gasteiger partial charge in [-0.2, -0.15) is 0 Å². The maximum atomic E-state index is 14.9. The molecule has 0 N–H and O–H groups in total. The van der Waals surface area contributed by atoms with Crippen LogP contribution in [-0.2, 0) is 11.2 Å². The number of benzene rings is 1. The minimum Gasteiger partial charge on any atom is -0.459 e. The van der Waals surface area contributed by atoms with Crippen LogP contribution >= 0.6 is 0 Å². The van der Waals surface area contributed by atoms with Crippen molar-refractivity contribution in [2.45, 2.75) is 155 Å². The van der Waals surface area contributed by atoms with E-state index in [0.29, 0.717) is 11.4 Å². The fraction of sp³-hybridized carbons (Fsp3) is 0.694. The number of ether oxygens (including phenoxy) is 1. The molecule has 0 radical (unpaired) electrons. The zero-order chi connectivity index (χ0) is 29.1. The Labute approximate surface area is 249 Å². The highest BCUT2D eigenvalue weighted by molar-refractivity contribution is 5.90. The summed E-state index contributed by atoms with van der Waals surface area (Å²) in [6, 6.07) is 4.57. The standard InChI is InChI=1S/C36H55FN2O2/c1-3-5-7-9-11-13-14-16-18-29-20-23-32(24-21-29)41-36(40)33-25-22-31(26-34(33)37)35-38-27-30(28-39-35)19-17-15-12-10-8-6-4-2/h22,25-29,32H,3-21,23-24H2,1-2H3. The van der Waals surface area contributed by atoms with Crippen molar-refractivity contribution in [2.75, 3.05) is 0 Å². The molecule has 0 spiro atoms. The van der Waals surface area contributed by atoms with E-state index in [-0.39, 0.29) is 11.7 Å². The predicted molar refractivity (Wildman–Crippen MR) is 168 cm³/mol. The highest BCUT2D eigenvalue weighted by atomic mass is 19.1. The van der Waals surface area contributed by atoms with Gasteiger partial charge in [0.15, 0.2) is 5.82 Å². The first-order valence-electron chi connectivity index (χ1n) is 16.9. The van der Waals surface area contributed by atoms with E-state index in [1.807, 2.05) is 12.4 Å². The van der Waals surface area contributed by atoms with Crippen LogP contribution in [0.3, 0.4) is 0 Å². The van der Waals surface area contributed by atoms with Crippen molar-refractivity contribution in [1.29, 1.82) is 0 Å². The zero-order valence-corrected chi connectivity index (χ0v) is 26.0. The molecule has 3 rings (SSSR count). The normalized spacial score (nSPS) is 17.0. The van der Waals surface area contributed by atoms with Gasteiger partial charge in [-0.15, -0.1) is 0 Å². The molecule has 0 unspecified atom stereocenters. The lowest BCUT2D eigenvalue weighted by molar-refractivity contribution is 0.0156. The summed E-state index contributed by atoms with van der Waals surface area (Å²) in [5.74, 6) is 0.0723. The average molecular weight is 567 g/mol. The van der Waals surface area contributed by atoms with Crippen molar-refractivity contribution < 1.29 is 13.9 Å². The fourth-order valence-electron chi connectivity index (χ4n) is 6.06. The van der Waals surface area contributed by atoms with Gasteiger partial charge in [0.05, 0.1) is 5.56 Å². The zero-order valence-electron chi connectivity index (χ0n) is 26.0. The van der Waals surface area contributed by atoms with Crippen molar-refractivity contribution in [3.63, 3.8) is 0 Å². The minimum atomic E-state index is -0.577. The topological polar surface area (TPSA) is 52.1 Å².